The molecule has 0 spiro atoms. The van der Waals surface area contributed by atoms with E-state index < -0.39 is 42.4 Å². The number of carbonyl (C=O) groups is 3. The Balaban J connectivity index is 2.03. The van der Waals surface area contributed by atoms with E-state index in [-0.39, 0.29) is 17.2 Å². The van der Waals surface area contributed by atoms with Crippen LogP contribution in [0.4, 0.5) is 5.95 Å². The number of esters is 3. The molecule has 0 saturated carbocycles. The zero-order valence-electron chi connectivity index (χ0n) is 15.8. The van der Waals surface area contributed by atoms with Crippen LogP contribution in [0.25, 0.3) is 11.4 Å². The summed E-state index contributed by atoms with van der Waals surface area (Å²) in [5.74, 6) is -1.53. The lowest BCUT2D eigenvalue weighted by Crippen LogP contribution is -2.40. The highest BCUT2D eigenvalue weighted by atomic mass is 32.1. The summed E-state index contributed by atoms with van der Waals surface area (Å²) < 4.78 is 23.3. The van der Waals surface area contributed by atoms with Gasteiger partial charge in [-0.2, -0.15) is 4.98 Å². The Morgan fingerprint density at radius 2 is 1.83 bits per heavy atom. The minimum Gasteiger partial charge on any atom is -0.463 e. The maximum absolute atomic E-state index is 11.7. The Bertz CT molecular complexity index is 973. The fourth-order valence-corrected chi connectivity index (χ4v) is 3.30. The van der Waals surface area contributed by atoms with E-state index in [2.05, 4.69) is 15.1 Å². The number of ether oxygens (including phenoxy) is 4. The lowest BCUT2D eigenvalue weighted by molar-refractivity contribution is -0.166. The first-order chi connectivity index (χ1) is 13.7. The number of hydrogen-bond donors (Lipinski definition) is 2. The second kappa shape index (κ2) is 8.13. The van der Waals surface area contributed by atoms with Crippen molar-refractivity contribution in [2.24, 2.45) is 0 Å². The molecule has 0 amide bonds. The molecule has 156 valence electrons. The van der Waals surface area contributed by atoms with E-state index in [0.29, 0.717) is 11.4 Å². The number of rotatable bonds is 5. The molecule has 3 N–H and O–H groups in total. The maximum atomic E-state index is 11.7. The van der Waals surface area contributed by atoms with Gasteiger partial charge in [-0.3, -0.25) is 14.4 Å². The van der Waals surface area contributed by atoms with Crippen LogP contribution in [0.1, 0.15) is 27.0 Å². The van der Waals surface area contributed by atoms with E-state index in [4.69, 9.17) is 36.9 Å². The molecule has 3 aliphatic heterocycles. The monoisotopic (exact) mass is 425 g/mol. The van der Waals surface area contributed by atoms with E-state index in [9.17, 15) is 14.4 Å². The third-order valence-corrected chi connectivity index (χ3v) is 4.39. The van der Waals surface area contributed by atoms with Gasteiger partial charge >= 0.3 is 17.9 Å². The molecule has 29 heavy (non-hydrogen) atoms. The van der Waals surface area contributed by atoms with E-state index >= 15 is 0 Å². The quantitative estimate of drug-likeness (QED) is 0.386. The predicted molar refractivity (Wildman–Crippen MR) is 97.9 cm³/mol. The summed E-state index contributed by atoms with van der Waals surface area (Å²) in [6.45, 7) is 3.43. The number of carbonyl (C=O) groups excluding carboxylic acids is 3. The van der Waals surface area contributed by atoms with E-state index in [1.807, 2.05) is 0 Å². The van der Waals surface area contributed by atoms with Gasteiger partial charge in [-0.15, -0.1) is 0 Å². The Morgan fingerprint density at radius 1 is 1.17 bits per heavy atom. The number of nitrogens with two attached hydrogens (primary N) is 1. The van der Waals surface area contributed by atoms with Crippen LogP contribution in [0.2, 0.25) is 0 Å². The van der Waals surface area contributed by atoms with Crippen LogP contribution in [0, 0.1) is 4.64 Å². The fourth-order valence-electron chi connectivity index (χ4n) is 3.05. The Kier molecular flexibility index (Phi) is 5.79. The van der Waals surface area contributed by atoms with Crippen LogP contribution in [0.15, 0.2) is 6.20 Å². The van der Waals surface area contributed by atoms with E-state index in [0.717, 1.165) is 0 Å². The van der Waals surface area contributed by atoms with Gasteiger partial charge in [0.2, 0.25) is 5.95 Å². The first-order valence-corrected chi connectivity index (χ1v) is 8.94. The van der Waals surface area contributed by atoms with Crippen molar-refractivity contribution in [1.82, 2.24) is 19.7 Å². The number of hydrogen-bond acceptors (Lipinski definition) is 11. The third kappa shape index (κ3) is 4.35. The number of fused-ring (bicyclic) bond motifs is 1. The van der Waals surface area contributed by atoms with Crippen molar-refractivity contribution in [3.8, 4) is 11.4 Å². The Labute approximate surface area is 169 Å². The van der Waals surface area contributed by atoms with Gasteiger partial charge in [0.25, 0.3) is 0 Å². The molecule has 1 saturated heterocycles. The van der Waals surface area contributed by atoms with Crippen LogP contribution >= 0.6 is 12.2 Å². The molecule has 12 nitrogen and oxygen atoms in total. The van der Waals surface area contributed by atoms with Crippen molar-refractivity contribution in [2.45, 2.75) is 45.3 Å². The van der Waals surface area contributed by atoms with Gasteiger partial charge < -0.3 is 29.8 Å². The first-order valence-electron chi connectivity index (χ1n) is 8.53. The van der Waals surface area contributed by atoms with Crippen molar-refractivity contribution in [3.05, 3.63) is 10.8 Å². The molecule has 3 rings (SSSR count). The summed E-state index contributed by atoms with van der Waals surface area (Å²) >= 11 is 5.18. The van der Waals surface area contributed by atoms with E-state index in [1.165, 1.54) is 25.5 Å². The molecular weight excluding hydrogens is 406 g/mol. The molecule has 0 aromatic carbocycles. The third-order valence-electron chi connectivity index (χ3n) is 4.08. The average molecular weight is 425 g/mol. The van der Waals surface area contributed by atoms with Crippen LogP contribution < -0.4 is 5.73 Å². The van der Waals surface area contributed by atoms with Gasteiger partial charge in [-0.1, -0.05) is 12.2 Å². The van der Waals surface area contributed by atoms with Gasteiger partial charge in [0.15, 0.2) is 24.3 Å². The van der Waals surface area contributed by atoms with E-state index in [1.54, 1.807) is 6.20 Å². The zero-order valence-corrected chi connectivity index (χ0v) is 16.6. The highest BCUT2D eigenvalue weighted by Gasteiger charge is 2.51. The minimum absolute atomic E-state index is 0.0501. The van der Waals surface area contributed by atoms with Gasteiger partial charge in [0.1, 0.15) is 17.4 Å². The number of nitrogens with zero attached hydrogens (tertiary/aromatic N) is 3. The summed E-state index contributed by atoms with van der Waals surface area (Å²) in [6, 6.07) is 0. The molecule has 3 heterocycles. The van der Waals surface area contributed by atoms with Gasteiger partial charge in [0.05, 0.1) is 5.56 Å². The molecule has 13 heteroatoms. The molecule has 0 aromatic heterocycles. The molecule has 0 aliphatic carbocycles. The molecule has 0 radical (unpaired) electrons. The maximum Gasteiger partial charge on any atom is 0.303 e. The van der Waals surface area contributed by atoms with Crippen LogP contribution in [0.3, 0.4) is 0 Å². The number of nitrogen functional groups attached to an aromatic ring is 1. The number of nitrogens with one attached hydrogen (secondary N) is 1. The van der Waals surface area contributed by atoms with Gasteiger partial charge in [0, 0.05) is 27.0 Å². The highest BCUT2D eigenvalue weighted by Crippen LogP contribution is 2.37. The summed E-state index contributed by atoms with van der Waals surface area (Å²) in [4.78, 5) is 42.6. The van der Waals surface area contributed by atoms with Crippen LogP contribution in [-0.2, 0) is 33.3 Å². The minimum atomic E-state index is -1.06. The highest BCUT2D eigenvalue weighted by molar-refractivity contribution is 7.71. The second-order valence-corrected chi connectivity index (χ2v) is 6.67. The van der Waals surface area contributed by atoms with Crippen molar-refractivity contribution in [2.75, 3.05) is 12.3 Å². The zero-order chi connectivity index (χ0) is 21.3. The summed E-state index contributed by atoms with van der Waals surface area (Å²) in [5, 5.41) is 2.91. The normalized spacial score (nSPS) is 23.7. The smallest absolute Gasteiger partial charge is 0.303 e. The molecule has 0 bridgehead atoms. The molecule has 3 aliphatic rings. The van der Waals surface area contributed by atoms with Crippen molar-refractivity contribution < 1.29 is 33.3 Å². The summed E-state index contributed by atoms with van der Waals surface area (Å²) in [5.41, 5.74) is 6.19. The first kappa shape index (κ1) is 20.7. The van der Waals surface area contributed by atoms with Gasteiger partial charge in [-0.25, -0.2) is 9.67 Å². The second-order valence-electron chi connectivity index (χ2n) is 6.28. The Morgan fingerprint density at radius 3 is 2.45 bits per heavy atom. The number of anilines is 1. The van der Waals surface area contributed by atoms with Crippen LogP contribution in [0.5, 0.6) is 0 Å². The topological polar surface area (TPSA) is 161 Å². The van der Waals surface area contributed by atoms with Gasteiger partial charge in [-0.05, 0) is 0 Å². The Hall–Kier alpha value is -3.06. The SMILES string of the molecule is CC(=O)OC[C@H]1O[C@@H](n2[nH]cc3c(=S)nc(N)nc2-3)[C@H](OC(C)=O)[C@@H]1OC(C)=O. The van der Waals surface area contributed by atoms with Crippen molar-refractivity contribution >= 4 is 36.1 Å². The van der Waals surface area contributed by atoms with Crippen LogP contribution in [-0.4, -0.2) is 62.6 Å². The summed E-state index contributed by atoms with van der Waals surface area (Å²) in [6.07, 6.45) is -2.44. The largest absolute Gasteiger partial charge is 0.463 e. The molecule has 0 aromatic rings. The number of aromatic amines is 1. The molecule has 1 fully saturated rings. The predicted octanol–water partition coefficient (Wildman–Crippen LogP) is 0.347. The fraction of sp³-hybridized carbons (Fsp3) is 0.500. The summed E-state index contributed by atoms with van der Waals surface area (Å²) in [7, 11) is 0. The lowest BCUT2D eigenvalue weighted by atomic mass is 10.1. The van der Waals surface area contributed by atoms with Crippen molar-refractivity contribution in [1.29, 1.82) is 0 Å². The lowest BCUT2D eigenvalue weighted by Gasteiger charge is -2.24. The van der Waals surface area contributed by atoms with Crippen molar-refractivity contribution in [3.63, 3.8) is 0 Å². The molecule has 0 unspecified atom stereocenters. The standard InChI is InChI=1S/C16H19N5O7S/c1-6(22)25-5-10-11(26-7(2)23)12(27-8(3)24)15(28-10)21-13-9(4-18-21)14(29)20-16(17)19-13/h4,10-12,15,18H,5H2,1-3H3,(H2,17,20,29)/t10-,11-,12-,15-/m1/s1. The number of aromatic nitrogens is 4. The average Bonchev–Trinajstić information content (AvgIpc) is 3.15. The molecular formula is C16H19N5O7S. The molecule has 4 atom stereocenters. The number of H-pyrrole nitrogens is 1.